The molecule has 0 unspecified atom stereocenters. The van der Waals surface area contributed by atoms with Crippen LogP contribution in [0, 0.1) is 0 Å². The van der Waals surface area contributed by atoms with E-state index in [0.29, 0.717) is 0 Å². The number of benzene rings is 2. The van der Waals surface area contributed by atoms with Gasteiger partial charge in [0.15, 0.2) is 0 Å². The third kappa shape index (κ3) is 6.58. The number of hydrogen-bond acceptors (Lipinski definition) is 4. The molecule has 0 radical (unpaired) electrons. The Bertz CT molecular complexity index is 678. The Morgan fingerprint density at radius 3 is 1.38 bits per heavy atom. The average Bonchev–Trinajstić information content (AvgIpc) is 2.62. The minimum absolute atomic E-state index is 0.661. The highest BCUT2D eigenvalue weighted by atomic mass is 16.5. The molecule has 120 valence electrons. The molecule has 2 aromatic carbocycles. The summed E-state index contributed by atoms with van der Waals surface area (Å²) in [5.74, 6) is -1.32. The summed E-state index contributed by atoms with van der Waals surface area (Å²) in [7, 11) is 0. The summed E-state index contributed by atoms with van der Waals surface area (Å²) in [6.45, 7) is 0. The van der Waals surface area contributed by atoms with Gasteiger partial charge in [0, 0.05) is 12.2 Å². The van der Waals surface area contributed by atoms with Gasteiger partial charge in [0.2, 0.25) is 0 Å². The average molecular weight is 320 g/mol. The number of esters is 2. The van der Waals surface area contributed by atoms with Crippen molar-refractivity contribution in [1.29, 1.82) is 0 Å². The lowest BCUT2D eigenvalue weighted by molar-refractivity contribution is -0.135. The van der Waals surface area contributed by atoms with E-state index < -0.39 is 11.9 Å². The Kier molecular flexibility index (Phi) is 6.77. The van der Waals surface area contributed by atoms with E-state index in [1.54, 1.807) is 12.2 Å². The van der Waals surface area contributed by atoms with Gasteiger partial charge in [-0.15, -0.1) is 0 Å². The van der Waals surface area contributed by atoms with Crippen molar-refractivity contribution < 1.29 is 19.1 Å². The van der Waals surface area contributed by atoms with E-state index in [2.05, 4.69) is 0 Å². The molecule has 0 atom stereocenters. The third-order valence-electron chi connectivity index (χ3n) is 2.84. The zero-order chi connectivity index (χ0) is 17.0. The molecule has 0 aliphatic rings. The molecule has 4 heteroatoms. The van der Waals surface area contributed by atoms with Gasteiger partial charge in [-0.1, -0.05) is 60.7 Å². The van der Waals surface area contributed by atoms with Crippen molar-refractivity contribution in [3.8, 4) is 0 Å². The maximum absolute atomic E-state index is 11.4. The molecule has 0 aliphatic heterocycles. The lowest BCUT2D eigenvalue weighted by Gasteiger charge is -1.95. The smallest absolute Gasteiger partial charge is 0.335 e. The second-order valence-corrected chi connectivity index (χ2v) is 4.63. The maximum atomic E-state index is 11.4. The van der Waals surface area contributed by atoms with Crippen LogP contribution in [0.15, 0.2) is 85.3 Å². The summed E-state index contributed by atoms with van der Waals surface area (Å²) in [6, 6.07) is 18.8. The molecule has 0 fully saturated rings. The molecule has 2 aromatic rings. The van der Waals surface area contributed by atoms with Crippen LogP contribution in [0.25, 0.3) is 12.2 Å². The molecule has 0 N–H and O–H groups in total. The number of carbonyl (C=O) groups excluding carboxylic acids is 2. The van der Waals surface area contributed by atoms with Crippen molar-refractivity contribution in [1.82, 2.24) is 0 Å². The van der Waals surface area contributed by atoms with E-state index in [1.807, 2.05) is 60.7 Å². The Balaban J connectivity index is 1.73. The molecule has 0 spiro atoms. The fourth-order valence-electron chi connectivity index (χ4n) is 1.70. The first-order valence-corrected chi connectivity index (χ1v) is 7.26. The van der Waals surface area contributed by atoms with Crippen LogP contribution in [0.5, 0.6) is 0 Å². The van der Waals surface area contributed by atoms with Crippen LogP contribution >= 0.6 is 0 Å². The fraction of sp³-hybridized carbons (Fsp3) is 0. The van der Waals surface area contributed by atoms with Crippen molar-refractivity contribution in [2.24, 2.45) is 0 Å². The molecule has 0 saturated heterocycles. The van der Waals surface area contributed by atoms with Crippen LogP contribution in [0.3, 0.4) is 0 Å². The lowest BCUT2D eigenvalue weighted by Crippen LogP contribution is -1.98. The van der Waals surface area contributed by atoms with Gasteiger partial charge in [-0.25, -0.2) is 9.59 Å². The monoisotopic (exact) mass is 320 g/mol. The highest BCUT2D eigenvalue weighted by Gasteiger charge is 1.98. The van der Waals surface area contributed by atoms with Crippen molar-refractivity contribution in [2.75, 3.05) is 0 Å². The molecule has 0 heterocycles. The normalized spacial score (nSPS) is 11.2. The lowest BCUT2D eigenvalue weighted by atomic mass is 10.2. The minimum atomic E-state index is -0.661. The van der Waals surface area contributed by atoms with Crippen molar-refractivity contribution in [3.05, 3.63) is 96.5 Å². The summed E-state index contributed by atoms with van der Waals surface area (Å²) < 4.78 is 9.68. The van der Waals surface area contributed by atoms with E-state index >= 15 is 0 Å². The first-order valence-electron chi connectivity index (χ1n) is 7.26. The van der Waals surface area contributed by atoms with E-state index in [0.717, 1.165) is 23.3 Å². The number of rotatable bonds is 6. The standard InChI is InChI=1S/C20H16O4/c21-19(23-15-13-17-7-3-1-4-8-17)11-12-20(22)24-16-14-18-9-5-2-6-10-18/h1-16H. The van der Waals surface area contributed by atoms with E-state index in [-0.39, 0.29) is 0 Å². The van der Waals surface area contributed by atoms with Gasteiger partial charge in [-0.3, -0.25) is 0 Å². The highest BCUT2D eigenvalue weighted by molar-refractivity contribution is 5.92. The van der Waals surface area contributed by atoms with Crippen molar-refractivity contribution in [3.63, 3.8) is 0 Å². The topological polar surface area (TPSA) is 52.6 Å². The van der Waals surface area contributed by atoms with Gasteiger partial charge in [0.1, 0.15) is 0 Å². The molecule has 4 nitrogen and oxygen atoms in total. The summed E-state index contributed by atoms with van der Waals surface area (Å²) in [5, 5.41) is 0. The SMILES string of the molecule is O=C(C=CC(=O)OC=Cc1ccccc1)OC=Cc1ccccc1. The van der Waals surface area contributed by atoms with Gasteiger partial charge >= 0.3 is 11.9 Å². The first kappa shape index (κ1) is 17.0. The minimum Gasteiger partial charge on any atom is -0.431 e. The van der Waals surface area contributed by atoms with Crippen LogP contribution in [-0.2, 0) is 19.1 Å². The second kappa shape index (κ2) is 9.58. The van der Waals surface area contributed by atoms with E-state index in [4.69, 9.17) is 9.47 Å². The molecule has 0 aliphatic carbocycles. The number of ether oxygens (including phenoxy) is 2. The molecule has 24 heavy (non-hydrogen) atoms. The predicted molar refractivity (Wildman–Crippen MR) is 92.3 cm³/mol. The van der Waals surface area contributed by atoms with Crippen LogP contribution < -0.4 is 0 Å². The Hall–Kier alpha value is -3.40. The van der Waals surface area contributed by atoms with Crippen molar-refractivity contribution >= 4 is 24.1 Å². The van der Waals surface area contributed by atoms with Gasteiger partial charge in [-0.2, -0.15) is 0 Å². The van der Waals surface area contributed by atoms with Crippen LogP contribution in [-0.4, -0.2) is 11.9 Å². The fourth-order valence-corrected chi connectivity index (χ4v) is 1.70. The van der Waals surface area contributed by atoms with Gasteiger partial charge in [0.05, 0.1) is 12.5 Å². The molecular formula is C20H16O4. The molecular weight excluding hydrogens is 304 g/mol. The summed E-state index contributed by atoms with van der Waals surface area (Å²) in [4.78, 5) is 22.9. The molecule has 0 amide bonds. The van der Waals surface area contributed by atoms with Gasteiger partial charge < -0.3 is 9.47 Å². The molecule has 0 bridgehead atoms. The zero-order valence-corrected chi connectivity index (χ0v) is 12.9. The Morgan fingerprint density at radius 1 is 0.625 bits per heavy atom. The molecule has 2 rings (SSSR count). The summed E-state index contributed by atoms with van der Waals surface area (Å²) in [6.07, 6.45) is 7.84. The van der Waals surface area contributed by atoms with Crippen LogP contribution in [0.4, 0.5) is 0 Å². The highest BCUT2D eigenvalue weighted by Crippen LogP contribution is 2.02. The van der Waals surface area contributed by atoms with Crippen LogP contribution in [0.1, 0.15) is 11.1 Å². The predicted octanol–water partition coefficient (Wildman–Crippen LogP) is 3.97. The Morgan fingerprint density at radius 2 is 1.00 bits per heavy atom. The molecule has 0 aromatic heterocycles. The largest absolute Gasteiger partial charge is 0.431 e. The number of hydrogen-bond donors (Lipinski definition) is 0. The third-order valence-corrected chi connectivity index (χ3v) is 2.84. The van der Waals surface area contributed by atoms with Gasteiger partial charge in [-0.05, 0) is 23.3 Å². The number of carbonyl (C=O) groups is 2. The molecule has 0 saturated carbocycles. The zero-order valence-electron chi connectivity index (χ0n) is 12.9. The summed E-state index contributed by atoms with van der Waals surface area (Å²) >= 11 is 0. The maximum Gasteiger partial charge on any atom is 0.335 e. The van der Waals surface area contributed by atoms with E-state index in [1.165, 1.54) is 12.5 Å². The summed E-state index contributed by atoms with van der Waals surface area (Å²) in [5.41, 5.74) is 1.81. The quantitative estimate of drug-likeness (QED) is 0.459. The Labute approximate surface area is 140 Å². The van der Waals surface area contributed by atoms with Gasteiger partial charge in [0.25, 0.3) is 0 Å². The van der Waals surface area contributed by atoms with E-state index in [9.17, 15) is 9.59 Å². The second-order valence-electron chi connectivity index (χ2n) is 4.63. The van der Waals surface area contributed by atoms with Crippen molar-refractivity contribution in [2.45, 2.75) is 0 Å². The van der Waals surface area contributed by atoms with Crippen LogP contribution in [0.2, 0.25) is 0 Å². The first-order chi connectivity index (χ1) is 11.7.